The van der Waals surface area contributed by atoms with Crippen molar-refractivity contribution >= 4 is 33.6 Å². The average Bonchev–Trinajstić information content (AvgIpc) is 0.941. The van der Waals surface area contributed by atoms with E-state index in [2.05, 4.69) is 191 Å². The molecule has 0 heterocycles. The minimum absolute atomic E-state index is 0.0854. The maximum absolute atomic E-state index is 13.0. The predicted octanol–water partition coefficient (Wildman–Crippen LogP) is 24.0. The second kappa shape index (κ2) is 78.5. The molecule has 0 fully saturated rings. The van der Waals surface area contributed by atoms with Crippen molar-refractivity contribution in [1.82, 2.24) is 0 Å². The van der Waals surface area contributed by atoms with Crippen LogP contribution in [0.4, 0.5) is 0 Å². The van der Waals surface area contributed by atoms with Crippen molar-refractivity contribution in [2.24, 2.45) is 0 Å². The highest BCUT2D eigenvalue weighted by atomic mass is 31.2. The summed E-state index contributed by atoms with van der Waals surface area (Å²) in [5, 5.41) is 20.7. The predicted molar refractivity (Wildman–Crippen MR) is 435 cm³/mol. The standard InChI is InChI=1S/C87H144O16P2/c1-4-7-10-13-16-19-22-25-28-31-33-35-37-38-39-40-41-42-44-46-47-50-52-55-58-61-64-67-70-73-85(90)97-76-82(88)77-99-104(93,94)100-78-83(89)79-101-105(95,96)102-81-84(103-87(92)75-72-69-66-63-60-57-54-49-30-27-24-21-18-15-12-9-6-3)80-98-86(91)74-71-68-65-62-59-56-53-51-48-45-43-36-34-32-29-26-23-20-17-14-11-8-5-2/h7-12,16-21,25-30,33-36,38-39,41-42,45,48,82-84,88-89H,4-6,13-15,22-24,31-32,37,40,43-44,46-47,49-81H2,1-3H3,(H,93,94)(H,95,96)/b10-7-,11-8-,12-9-,19-16-,20-17-,21-18-,28-25-,29-26-,30-27-,35-33-,36-34-,39-38-,42-41-,48-45-. The van der Waals surface area contributed by atoms with Gasteiger partial charge in [-0.2, -0.15) is 0 Å². The molecule has 5 atom stereocenters. The number of carbonyl (C=O) groups excluding carboxylic acids is 3. The summed E-state index contributed by atoms with van der Waals surface area (Å²) in [6.45, 7) is 2.31. The van der Waals surface area contributed by atoms with Gasteiger partial charge in [0.2, 0.25) is 0 Å². The van der Waals surface area contributed by atoms with Crippen LogP contribution in [0.1, 0.15) is 303 Å². The molecule has 0 saturated carbocycles. The average molecular weight is 1510 g/mol. The summed E-state index contributed by atoms with van der Waals surface area (Å²) in [5.74, 6) is -1.61. The van der Waals surface area contributed by atoms with Gasteiger partial charge < -0.3 is 34.2 Å². The lowest BCUT2D eigenvalue weighted by Crippen LogP contribution is -2.30. The molecule has 16 nitrogen and oxygen atoms in total. The lowest BCUT2D eigenvalue weighted by molar-refractivity contribution is -0.161. The summed E-state index contributed by atoms with van der Waals surface area (Å²) in [7, 11) is -9.81. The van der Waals surface area contributed by atoms with Gasteiger partial charge in [0, 0.05) is 19.3 Å². The van der Waals surface area contributed by atoms with Crippen LogP contribution in [-0.4, -0.2) is 95.9 Å². The summed E-state index contributed by atoms with van der Waals surface area (Å²) in [5.41, 5.74) is 0. The van der Waals surface area contributed by atoms with Gasteiger partial charge in [0.05, 0.1) is 26.4 Å². The number of carbonyl (C=O) groups is 3. The van der Waals surface area contributed by atoms with E-state index >= 15 is 0 Å². The van der Waals surface area contributed by atoms with E-state index in [1.54, 1.807) is 0 Å². The van der Waals surface area contributed by atoms with Gasteiger partial charge in [-0.05, 0) is 148 Å². The molecule has 5 unspecified atom stereocenters. The monoisotopic (exact) mass is 1510 g/mol. The van der Waals surface area contributed by atoms with E-state index in [-0.39, 0.29) is 19.3 Å². The number of allylic oxidation sites excluding steroid dienone is 28. The van der Waals surface area contributed by atoms with E-state index in [1.807, 2.05) is 0 Å². The van der Waals surface area contributed by atoms with E-state index < -0.39 is 91.5 Å². The van der Waals surface area contributed by atoms with Crippen LogP contribution in [-0.2, 0) is 55.8 Å². The summed E-state index contributed by atoms with van der Waals surface area (Å²) >= 11 is 0. The van der Waals surface area contributed by atoms with Crippen molar-refractivity contribution < 1.29 is 75.8 Å². The quantitative estimate of drug-likeness (QED) is 0.0146. The Labute approximate surface area is 637 Å². The molecule has 0 aromatic heterocycles. The molecule has 0 aliphatic rings. The second-order valence-corrected chi connectivity index (χ2v) is 29.3. The number of aliphatic hydroxyl groups excluding tert-OH is 2. The molecule has 598 valence electrons. The Bertz CT molecular complexity index is 2590. The Morgan fingerprint density at radius 1 is 0.267 bits per heavy atom. The first-order valence-corrected chi connectivity index (χ1v) is 43.4. The number of rotatable bonds is 75. The SMILES string of the molecule is CC/C=C\C/C=C\C/C=C\C/C=C\C/C=C\C/C=C\CCCCCCCCCCCCC(=O)OCC(O)COP(=O)(O)OCC(O)COP(=O)(O)OCC(COC(=O)CCCCCCCCC/C=C\C/C=C\C/C=C\C/C=C\C/C=C\CC)OC(=O)CCCCCCCCC/C=C\C/C=C\C/C=C\CC. The van der Waals surface area contributed by atoms with Gasteiger partial charge in [0.25, 0.3) is 0 Å². The first-order chi connectivity index (χ1) is 51.2. The highest BCUT2D eigenvalue weighted by Gasteiger charge is 2.29. The van der Waals surface area contributed by atoms with E-state index in [4.69, 9.17) is 32.3 Å². The van der Waals surface area contributed by atoms with Gasteiger partial charge in [-0.1, -0.05) is 306 Å². The van der Waals surface area contributed by atoms with Crippen LogP contribution in [0.2, 0.25) is 0 Å². The molecule has 18 heteroatoms. The molecular formula is C87H144O16P2. The molecule has 0 aromatic carbocycles. The highest BCUT2D eigenvalue weighted by Crippen LogP contribution is 2.45. The fraction of sp³-hybridized carbons (Fsp3) is 0.644. The van der Waals surface area contributed by atoms with Crippen LogP contribution >= 0.6 is 15.6 Å². The van der Waals surface area contributed by atoms with Crippen LogP contribution in [0.15, 0.2) is 170 Å². The molecule has 0 aliphatic carbocycles. The Balaban J connectivity index is 4.61. The number of hydrogen-bond acceptors (Lipinski definition) is 14. The van der Waals surface area contributed by atoms with Gasteiger partial charge in [-0.25, -0.2) is 9.13 Å². The van der Waals surface area contributed by atoms with Gasteiger partial charge in [-0.15, -0.1) is 0 Å². The number of unbranched alkanes of at least 4 members (excludes halogenated alkanes) is 24. The van der Waals surface area contributed by atoms with E-state index in [0.29, 0.717) is 19.3 Å². The molecule has 0 bridgehead atoms. The number of phosphoric acid groups is 2. The Morgan fingerprint density at radius 2 is 0.476 bits per heavy atom. The van der Waals surface area contributed by atoms with Gasteiger partial charge in [0.1, 0.15) is 25.4 Å². The molecule has 0 radical (unpaired) electrons. The van der Waals surface area contributed by atoms with Crippen LogP contribution in [0.5, 0.6) is 0 Å². The number of phosphoric ester groups is 2. The van der Waals surface area contributed by atoms with Crippen molar-refractivity contribution in [3.63, 3.8) is 0 Å². The summed E-state index contributed by atoms with van der Waals surface area (Å²) < 4.78 is 61.2. The maximum atomic E-state index is 13.0. The largest absolute Gasteiger partial charge is 0.472 e. The third-order valence-corrected chi connectivity index (χ3v) is 18.3. The summed E-state index contributed by atoms with van der Waals surface area (Å²) in [6, 6.07) is 0. The van der Waals surface area contributed by atoms with Gasteiger partial charge in [0.15, 0.2) is 6.10 Å². The smallest absolute Gasteiger partial charge is 0.463 e. The Kier molecular flexibility index (Phi) is 74.7. The fourth-order valence-corrected chi connectivity index (χ4v) is 12.0. The van der Waals surface area contributed by atoms with Crippen molar-refractivity contribution in [1.29, 1.82) is 0 Å². The van der Waals surface area contributed by atoms with Crippen molar-refractivity contribution in [3.8, 4) is 0 Å². The molecule has 105 heavy (non-hydrogen) atoms. The zero-order valence-electron chi connectivity index (χ0n) is 65.3. The fourth-order valence-electron chi connectivity index (χ4n) is 10.4. The first kappa shape index (κ1) is 99.9. The molecule has 0 saturated heterocycles. The zero-order chi connectivity index (χ0) is 76.6. The van der Waals surface area contributed by atoms with Crippen molar-refractivity contribution in [3.05, 3.63) is 170 Å². The zero-order valence-corrected chi connectivity index (χ0v) is 67.1. The highest BCUT2D eigenvalue weighted by molar-refractivity contribution is 7.47. The topological polar surface area (TPSA) is 231 Å². The van der Waals surface area contributed by atoms with Crippen molar-refractivity contribution in [2.75, 3.05) is 39.6 Å². The van der Waals surface area contributed by atoms with Crippen LogP contribution in [0.3, 0.4) is 0 Å². The van der Waals surface area contributed by atoms with Crippen LogP contribution in [0, 0.1) is 0 Å². The normalized spacial score (nSPS) is 14.8. The van der Waals surface area contributed by atoms with E-state index in [9.17, 15) is 43.5 Å². The lowest BCUT2D eigenvalue weighted by atomic mass is 10.1. The third kappa shape index (κ3) is 79.8. The second-order valence-electron chi connectivity index (χ2n) is 26.4. The van der Waals surface area contributed by atoms with E-state index in [0.717, 1.165) is 212 Å². The molecule has 0 aliphatic heterocycles. The molecule has 4 N–H and O–H groups in total. The van der Waals surface area contributed by atoms with Crippen molar-refractivity contribution in [2.45, 2.75) is 322 Å². The molecule has 0 spiro atoms. The number of esters is 3. The molecular weight excluding hydrogens is 1360 g/mol. The van der Waals surface area contributed by atoms with Crippen LogP contribution in [0.25, 0.3) is 0 Å². The molecule has 0 rings (SSSR count). The molecule has 0 aromatic rings. The minimum atomic E-state index is -4.94. The van der Waals surface area contributed by atoms with Crippen LogP contribution < -0.4 is 0 Å². The number of aliphatic hydroxyl groups is 2. The van der Waals surface area contributed by atoms with Gasteiger partial charge in [-0.3, -0.25) is 32.5 Å². The Morgan fingerprint density at radius 3 is 0.752 bits per heavy atom. The third-order valence-electron chi connectivity index (χ3n) is 16.4. The summed E-state index contributed by atoms with van der Waals surface area (Å²) in [6.07, 6.45) is 99.6. The van der Waals surface area contributed by atoms with Gasteiger partial charge >= 0.3 is 33.6 Å². The number of hydrogen-bond donors (Lipinski definition) is 4. The maximum Gasteiger partial charge on any atom is 0.472 e. The Hall–Kier alpha value is -5.09. The lowest BCUT2D eigenvalue weighted by Gasteiger charge is -2.21. The summed E-state index contributed by atoms with van der Waals surface area (Å²) in [4.78, 5) is 58.7. The minimum Gasteiger partial charge on any atom is -0.463 e. The molecule has 0 amide bonds. The van der Waals surface area contributed by atoms with E-state index in [1.165, 1.54) is 32.1 Å². The first-order valence-electron chi connectivity index (χ1n) is 40.4. The number of ether oxygens (including phenoxy) is 3.